The zero-order chi connectivity index (χ0) is 15.4. The molecule has 0 spiro atoms. The zero-order valence-corrected chi connectivity index (χ0v) is 13.3. The molecule has 2 aromatic carbocycles. The highest BCUT2D eigenvalue weighted by atomic mass is 35.5. The summed E-state index contributed by atoms with van der Waals surface area (Å²) >= 11 is 6.00. The Kier molecular flexibility index (Phi) is 5.03. The molecule has 0 fully saturated rings. The minimum absolute atomic E-state index is 0.0632. The third kappa shape index (κ3) is 3.27. The molecule has 0 heterocycles. The summed E-state index contributed by atoms with van der Waals surface area (Å²) in [5, 5.41) is 0.528. The lowest BCUT2D eigenvalue weighted by molar-refractivity contribution is 0.103. The van der Waals surface area contributed by atoms with Gasteiger partial charge in [0, 0.05) is 10.6 Å². The molecule has 0 bridgehead atoms. The molecular weight excluding hydrogens is 284 g/mol. The largest absolute Gasteiger partial charge is 0.496 e. The first-order valence-electron chi connectivity index (χ1n) is 7.10. The van der Waals surface area contributed by atoms with Crippen LogP contribution in [0.15, 0.2) is 36.4 Å². The number of ether oxygens (including phenoxy) is 1. The van der Waals surface area contributed by atoms with Crippen LogP contribution in [0.1, 0.15) is 40.9 Å². The average Bonchev–Trinajstić information content (AvgIpc) is 2.53. The monoisotopic (exact) mass is 302 g/mol. The molecule has 0 saturated heterocycles. The van der Waals surface area contributed by atoms with Crippen molar-refractivity contribution in [3.63, 3.8) is 0 Å². The van der Waals surface area contributed by atoms with Gasteiger partial charge < -0.3 is 4.74 Å². The van der Waals surface area contributed by atoms with Gasteiger partial charge in [0.25, 0.3) is 0 Å². The minimum atomic E-state index is -0.0632. The second kappa shape index (κ2) is 6.77. The molecule has 0 radical (unpaired) electrons. The van der Waals surface area contributed by atoms with Gasteiger partial charge in [-0.3, -0.25) is 4.79 Å². The van der Waals surface area contributed by atoms with Crippen LogP contribution in [0, 0.1) is 0 Å². The van der Waals surface area contributed by atoms with E-state index in [-0.39, 0.29) is 5.78 Å². The van der Waals surface area contributed by atoms with Crippen molar-refractivity contribution in [1.82, 2.24) is 0 Å². The minimum Gasteiger partial charge on any atom is -0.496 e. The van der Waals surface area contributed by atoms with Crippen LogP contribution in [0.2, 0.25) is 5.02 Å². The maximum Gasteiger partial charge on any atom is 0.196 e. The molecule has 0 amide bonds. The van der Waals surface area contributed by atoms with Crippen molar-refractivity contribution < 1.29 is 9.53 Å². The summed E-state index contributed by atoms with van der Waals surface area (Å²) in [5.41, 5.74) is 3.66. The molecule has 110 valence electrons. The molecule has 0 aromatic heterocycles. The summed E-state index contributed by atoms with van der Waals surface area (Å²) < 4.78 is 5.26. The number of ketones is 1. The lowest BCUT2D eigenvalue weighted by atomic mass is 9.95. The van der Waals surface area contributed by atoms with Crippen molar-refractivity contribution in [1.29, 1.82) is 0 Å². The summed E-state index contributed by atoms with van der Waals surface area (Å²) in [6.45, 7) is 4.22. The maximum absolute atomic E-state index is 12.7. The number of carbonyl (C=O) groups is 1. The van der Waals surface area contributed by atoms with Crippen molar-refractivity contribution in [3.8, 4) is 5.75 Å². The zero-order valence-electron chi connectivity index (χ0n) is 12.6. The van der Waals surface area contributed by atoms with Gasteiger partial charge in [-0.2, -0.15) is 0 Å². The summed E-state index contributed by atoms with van der Waals surface area (Å²) in [5.74, 6) is 0.480. The molecule has 21 heavy (non-hydrogen) atoms. The number of halogens is 1. The third-order valence-corrected chi connectivity index (χ3v) is 3.87. The van der Waals surface area contributed by atoms with Crippen LogP contribution < -0.4 is 4.74 Å². The van der Waals surface area contributed by atoms with Gasteiger partial charge in [0.2, 0.25) is 0 Å². The van der Waals surface area contributed by atoms with Gasteiger partial charge in [0.05, 0.1) is 12.7 Å². The average molecular weight is 303 g/mol. The molecule has 0 aliphatic rings. The van der Waals surface area contributed by atoms with E-state index in [1.165, 1.54) is 11.1 Å². The van der Waals surface area contributed by atoms with E-state index >= 15 is 0 Å². The SMILES string of the molecule is CCc1ccc(C(=O)c2cc(Cl)ccc2OC)cc1CC. The topological polar surface area (TPSA) is 26.3 Å². The highest BCUT2D eigenvalue weighted by Crippen LogP contribution is 2.26. The van der Waals surface area contributed by atoms with Crippen molar-refractivity contribution in [2.45, 2.75) is 26.7 Å². The van der Waals surface area contributed by atoms with Crippen LogP contribution in [0.25, 0.3) is 0 Å². The number of carbonyl (C=O) groups excluding carboxylic acids is 1. The summed E-state index contributed by atoms with van der Waals surface area (Å²) in [7, 11) is 1.55. The van der Waals surface area contributed by atoms with Gasteiger partial charge in [0.15, 0.2) is 5.78 Å². The molecule has 0 unspecified atom stereocenters. The number of aryl methyl sites for hydroxylation is 2. The number of rotatable bonds is 5. The Balaban J connectivity index is 2.47. The second-order valence-electron chi connectivity index (χ2n) is 4.86. The lowest BCUT2D eigenvalue weighted by Gasteiger charge is -2.11. The van der Waals surface area contributed by atoms with Crippen molar-refractivity contribution in [3.05, 3.63) is 63.7 Å². The normalized spacial score (nSPS) is 10.5. The lowest BCUT2D eigenvalue weighted by Crippen LogP contribution is -2.05. The number of benzene rings is 2. The standard InChI is InChI=1S/C18H19ClO2/c1-4-12-6-7-14(10-13(12)5-2)18(20)16-11-15(19)8-9-17(16)21-3/h6-11H,4-5H2,1-3H3. The van der Waals surface area contributed by atoms with Crippen molar-refractivity contribution >= 4 is 17.4 Å². The second-order valence-corrected chi connectivity index (χ2v) is 5.30. The fourth-order valence-electron chi connectivity index (χ4n) is 2.45. The molecule has 0 aliphatic heterocycles. The molecular formula is C18H19ClO2. The Morgan fingerprint density at radius 2 is 1.76 bits per heavy atom. The Hall–Kier alpha value is -1.80. The first kappa shape index (κ1) is 15.6. The summed E-state index contributed by atoms with van der Waals surface area (Å²) in [6.07, 6.45) is 1.88. The molecule has 0 saturated carbocycles. The third-order valence-electron chi connectivity index (χ3n) is 3.64. The van der Waals surface area contributed by atoms with Crippen LogP contribution in [0.4, 0.5) is 0 Å². The number of hydrogen-bond donors (Lipinski definition) is 0. The number of hydrogen-bond acceptors (Lipinski definition) is 2. The van der Waals surface area contributed by atoms with E-state index in [1.807, 2.05) is 18.2 Å². The molecule has 2 nitrogen and oxygen atoms in total. The van der Waals surface area contributed by atoms with Crippen LogP contribution in [0.5, 0.6) is 5.75 Å². The molecule has 2 aromatic rings. The predicted octanol–water partition coefficient (Wildman–Crippen LogP) is 4.70. The van der Waals surface area contributed by atoms with Gasteiger partial charge >= 0.3 is 0 Å². The Morgan fingerprint density at radius 1 is 1.05 bits per heavy atom. The maximum atomic E-state index is 12.7. The van der Waals surface area contributed by atoms with Crippen LogP contribution in [-0.4, -0.2) is 12.9 Å². The van der Waals surface area contributed by atoms with E-state index in [0.717, 1.165) is 12.8 Å². The van der Waals surface area contributed by atoms with Gasteiger partial charge in [0.1, 0.15) is 5.75 Å². The predicted molar refractivity (Wildman–Crippen MR) is 86.6 cm³/mol. The van der Waals surface area contributed by atoms with E-state index in [2.05, 4.69) is 13.8 Å². The molecule has 0 aliphatic carbocycles. The van der Waals surface area contributed by atoms with Gasteiger partial charge in [-0.1, -0.05) is 37.6 Å². The van der Waals surface area contributed by atoms with E-state index in [0.29, 0.717) is 21.9 Å². The number of methoxy groups -OCH3 is 1. The van der Waals surface area contributed by atoms with Crippen LogP contribution in [-0.2, 0) is 12.8 Å². The van der Waals surface area contributed by atoms with Gasteiger partial charge in [-0.15, -0.1) is 0 Å². The Labute approximate surface area is 130 Å². The van der Waals surface area contributed by atoms with Crippen LogP contribution in [0.3, 0.4) is 0 Å². The molecule has 3 heteroatoms. The quantitative estimate of drug-likeness (QED) is 0.748. The highest BCUT2D eigenvalue weighted by molar-refractivity contribution is 6.31. The molecule has 2 rings (SSSR count). The molecule has 0 atom stereocenters. The first-order chi connectivity index (χ1) is 10.1. The van der Waals surface area contributed by atoms with Gasteiger partial charge in [-0.05, 0) is 48.2 Å². The van der Waals surface area contributed by atoms with E-state index in [4.69, 9.17) is 16.3 Å². The summed E-state index contributed by atoms with van der Waals surface area (Å²) in [4.78, 5) is 12.7. The first-order valence-corrected chi connectivity index (χ1v) is 7.48. The van der Waals surface area contributed by atoms with Gasteiger partial charge in [-0.25, -0.2) is 0 Å². The molecule has 0 N–H and O–H groups in total. The fourth-order valence-corrected chi connectivity index (χ4v) is 2.63. The van der Waals surface area contributed by atoms with E-state index in [1.54, 1.807) is 25.3 Å². The van der Waals surface area contributed by atoms with Crippen molar-refractivity contribution in [2.75, 3.05) is 7.11 Å². The van der Waals surface area contributed by atoms with E-state index in [9.17, 15) is 4.79 Å². The summed E-state index contributed by atoms with van der Waals surface area (Å²) in [6, 6.07) is 11.0. The van der Waals surface area contributed by atoms with Crippen LogP contribution >= 0.6 is 11.6 Å². The van der Waals surface area contributed by atoms with E-state index < -0.39 is 0 Å². The Morgan fingerprint density at radius 3 is 2.38 bits per heavy atom. The van der Waals surface area contributed by atoms with Crippen molar-refractivity contribution in [2.24, 2.45) is 0 Å². The highest BCUT2D eigenvalue weighted by Gasteiger charge is 2.16. The fraction of sp³-hybridized carbons (Fsp3) is 0.278. The smallest absolute Gasteiger partial charge is 0.196 e. The Bertz CT molecular complexity index is 662.